The summed E-state index contributed by atoms with van der Waals surface area (Å²) < 4.78 is 0. The van der Waals surface area contributed by atoms with E-state index in [4.69, 9.17) is 5.21 Å². The van der Waals surface area contributed by atoms with E-state index < -0.39 is 10.3 Å². The molecule has 0 aromatic carbocycles. The van der Waals surface area contributed by atoms with Crippen molar-refractivity contribution < 1.29 is 10.0 Å². The van der Waals surface area contributed by atoms with Gasteiger partial charge in [0.25, 0.3) is 0 Å². The molecule has 0 spiro atoms. The first-order valence-electron chi connectivity index (χ1n) is 3.28. The van der Waals surface area contributed by atoms with Crippen LogP contribution in [-0.2, 0) is 0 Å². The molecule has 9 heavy (non-hydrogen) atoms. The van der Waals surface area contributed by atoms with Gasteiger partial charge in [-0.1, -0.05) is 0 Å². The molecule has 0 aromatic heterocycles. The highest BCUT2D eigenvalue weighted by molar-refractivity contribution is 4.74. The van der Waals surface area contributed by atoms with Crippen LogP contribution in [0.25, 0.3) is 0 Å². The molecular formula is C6H13NO2. The molecule has 1 aliphatic heterocycles. The maximum atomic E-state index is 11.0. The fourth-order valence-electron chi connectivity index (χ4n) is 1.20. The Balaban J connectivity index is 2.75. The first-order valence-corrected chi connectivity index (χ1v) is 3.28. The van der Waals surface area contributed by atoms with E-state index in [-0.39, 0.29) is 0 Å². The number of hydroxylamine groups is 4. The zero-order valence-corrected chi connectivity index (χ0v) is 5.92. The third-order valence-electron chi connectivity index (χ3n) is 2.20. The quantitative estimate of drug-likeness (QED) is 0.397. The summed E-state index contributed by atoms with van der Waals surface area (Å²) in [4.78, 5) is -1.05. The Morgan fingerprint density at radius 3 is 2.22 bits per heavy atom. The van der Waals surface area contributed by atoms with Crippen LogP contribution >= 0.6 is 0 Å². The summed E-state index contributed by atoms with van der Waals surface area (Å²) in [6.07, 6.45) is 1.67. The highest BCUT2D eigenvalue weighted by Crippen LogP contribution is 2.32. The second-order valence-electron chi connectivity index (χ2n) is 3.34. The molecule has 1 unspecified atom stereocenters. The van der Waals surface area contributed by atoms with Gasteiger partial charge in [0.1, 0.15) is 12.1 Å². The van der Waals surface area contributed by atoms with Gasteiger partial charge in [-0.15, -0.1) is 0 Å². The maximum Gasteiger partial charge on any atom is 0.123 e. The molecule has 0 radical (unpaired) electrons. The molecule has 0 aromatic rings. The lowest BCUT2D eigenvalue weighted by Crippen LogP contribution is -2.50. The second kappa shape index (κ2) is 1.68. The molecule has 1 atom stereocenters. The van der Waals surface area contributed by atoms with Crippen molar-refractivity contribution in [2.75, 3.05) is 6.54 Å². The standard InChI is InChI=1S/C6H13NO2/c1-6(2)4-3-5-7(6,8)9/h8H,3-5H2,1-2H3. The van der Waals surface area contributed by atoms with Crippen molar-refractivity contribution in [3.8, 4) is 0 Å². The molecule has 54 valence electrons. The topological polar surface area (TPSA) is 43.3 Å². The zero-order valence-electron chi connectivity index (χ0n) is 5.92. The van der Waals surface area contributed by atoms with Gasteiger partial charge in [0.05, 0.1) is 0 Å². The molecule has 1 N–H and O–H groups in total. The molecule has 1 rings (SSSR count). The fourth-order valence-corrected chi connectivity index (χ4v) is 1.20. The third kappa shape index (κ3) is 0.956. The summed E-state index contributed by atoms with van der Waals surface area (Å²) in [6.45, 7) is 3.95. The van der Waals surface area contributed by atoms with E-state index in [1.165, 1.54) is 0 Å². The fraction of sp³-hybridized carbons (Fsp3) is 1.00. The smallest absolute Gasteiger partial charge is 0.123 e. The minimum absolute atomic E-state index is 0.354. The van der Waals surface area contributed by atoms with Crippen molar-refractivity contribution in [3.63, 3.8) is 0 Å². The molecule has 3 heteroatoms. The average Bonchev–Trinajstić information content (AvgIpc) is 1.81. The lowest BCUT2D eigenvalue weighted by atomic mass is 10.0. The molecule has 1 aliphatic rings. The molecule has 3 nitrogen and oxygen atoms in total. The Kier molecular flexibility index (Phi) is 1.31. The predicted octanol–water partition coefficient (Wildman–Crippen LogP) is 1.26. The SMILES string of the molecule is CC1(C)CCC[N+]1([O-])O. The Morgan fingerprint density at radius 1 is 1.56 bits per heavy atom. The maximum absolute atomic E-state index is 11.0. The number of nitrogens with zero attached hydrogens (tertiary/aromatic N) is 1. The van der Waals surface area contributed by atoms with Crippen molar-refractivity contribution in [2.45, 2.75) is 32.2 Å². The largest absolute Gasteiger partial charge is 0.598 e. The van der Waals surface area contributed by atoms with E-state index >= 15 is 0 Å². The number of hydrogen-bond donors (Lipinski definition) is 1. The van der Waals surface area contributed by atoms with Gasteiger partial charge in [0, 0.05) is 12.8 Å². The summed E-state index contributed by atoms with van der Waals surface area (Å²) in [5.41, 5.74) is -0.472. The van der Waals surface area contributed by atoms with E-state index in [0.29, 0.717) is 6.54 Å². The molecule has 1 heterocycles. The van der Waals surface area contributed by atoms with Crippen LogP contribution in [0.4, 0.5) is 0 Å². The van der Waals surface area contributed by atoms with Crippen molar-refractivity contribution in [2.24, 2.45) is 0 Å². The van der Waals surface area contributed by atoms with Gasteiger partial charge in [0.15, 0.2) is 0 Å². The molecule has 0 aliphatic carbocycles. The van der Waals surface area contributed by atoms with Crippen LogP contribution in [0, 0.1) is 5.21 Å². The van der Waals surface area contributed by atoms with E-state index in [9.17, 15) is 5.21 Å². The van der Waals surface area contributed by atoms with Gasteiger partial charge in [0.2, 0.25) is 0 Å². The second-order valence-corrected chi connectivity index (χ2v) is 3.34. The van der Waals surface area contributed by atoms with Gasteiger partial charge in [-0.2, -0.15) is 0 Å². The van der Waals surface area contributed by atoms with Crippen LogP contribution in [0.5, 0.6) is 0 Å². The third-order valence-corrected chi connectivity index (χ3v) is 2.20. The molecule has 0 amide bonds. The summed E-state index contributed by atoms with van der Waals surface area (Å²) in [5.74, 6) is 0. The first-order chi connectivity index (χ1) is 3.96. The first kappa shape index (κ1) is 6.99. The minimum Gasteiger partial charge on any atom is -0.598 e. The molecule has 0 bridgehead atoms. The van der Waals surface area contributed by atoms with Crippen LogP contribution < -0.4 is 0 Å². The van der Waals surface area contributed by atoms with Gasteiger partial charge in [-0.3, -0.25) is 0 Å². The number of quaternary nitrogens is 1. The van der Waals surface area contributed by atoms with Crippen molar-refractivity contribution in [1.29, 1.82) is 0 Å². The van der Waals surface area contributed by atoms with E-state index in [2.05, 4.69) is 0 Å². The highest BCUT2D eigenvalue weighted by Gasteiger charge is 2.41. The molecule has 1 saturated heterocycles. The Hall–Kier alpha value is -0.120. The lowest BCUT2D eigenvalue weighted by Gasteiger charge is -2.40. The average molecular weight is 131 g/mol. The van der Waals surface area contributed by atoms with Crippen LogP contribution in [0.2, 0.25) is 0 Å². The lowest BCUT2D eigenvalue weighted by molar-refractivity contribution is -1.09. The Morgan fingerprint density at radius 2 is 2.11 bits per heavy atom. The van der Waals surface area contributed by atoms with Gasteiger partial charge >= 0.3 is 0 Å². The summed E-state index contributed by atoms with van der Waals surface area (Å²) in [5, 5.41) is 20.2. The monoisotopic (exact) mass is 131 g/mol. The van der Waals surface area contributed by atoms with Crippen LogP contribution in [0.15, 0.2) is 0 Å². The highest BCUT2D eigenvalue weighted by atomic mass is 16.8. The Bertz CT molecular complexity index is 106. The van der Waals surface area contributed by atoms with E-state index in [1.54, 1.807) is 13.8 Å². The van der Waals surface area contributed by atoms with Crippen molar-refractivity contribution in [1.82, 2.24) is 0 Å². The van der Waals surface area contributed by atoms with Gasteiger partial charge in [-0.05, 0) is 13.8 Å². The van der Waals surface area contributed by atoms with Crippen LogP contribution in [0.3, 0.4) is 0 Å². The minimum atomic E-state index is -1.05. The summed E-state index contributed by atoms with van der Waals surface area (Å²) >= 11 is 0. The van der Waals surface area contributed by atoms with E-state index in [0.717, 1.165) is 12.8 Å². The molecular weight excluding hydrogens is 118 g/mol. The summed E-state index contributed by atoms with van der Waals surface area (Å²) in [7, 11) is 0. The molecule has 1 fully saturated rings. The number of rotatable bonds is 0. The van der Waals surface area contributed by atoms with Gasteiger partial charge in [-0.25, -0.2) is 10.0 Å². The van der Waals surface area contributed by atoms with E-state index in [1.807, 2.05) is 0 Å². The van der Waals surface area contributed by atoms with Crippen molar-refractivity contribution in [3.05, 3.63) is 5.21 Å². The van der Waals surface area contributed by atoms with Gasteiger partial charge < -0.3 is 5.21 Å². The number of hydrogen-bond acceptors (Lipinski definition) is 2. The summed E-state index contributed by atoms with van der Waals surface area (Å²) in [6, 6.07) is 0. The normalized spacial score (nSPS) is 41.3. The zero-order chi connectivity index (χ0) is 7.12. The van der Waals surface area contributed by atoms with Crippen molar-refractivity contribution >= 4 is 0 Å². The molecule has 0 saturated carbocycles. The van der Waals surface area contributed by atoms with Crippen LogP contribution in [-0.4, -0.2) is 22.1 Å². The predicted molar refractivity (Wildman–Crippen MR) is 33.6 cm³/mol. The Labute approximate surface area is 55.0 Å². The van der Waals surface area contributed by atoms with Crippen LogP contribution in [0.1, 0.15) is 26.7 Å².